The summed E-state index contributed by atoms with van der Waals surface area (Å²) in [6, 6.07) is 6.35. The minimum atomic E-state index is 0. The summed E-state index contributed by atoms with van der Waals surface area (Å²) in [4.78, 5) is 14.8. The fraction of sp³-hybridized carbons (Fsp3) is 0.682. The van der Waals surface area contributed by atoms with E-state index in [0.717, 1.165) is 45.1 Å². The van der Waals surface area contributed by atoms with Gasteiger partial charge in [0, 0.05) is 24.3 Å². The molecule has 0 saturated carbocycles. The summed E-state index contributed by atoms with van der Waals surface area (Å²) in [5, 5.41) is 10.1. The number of ketones is 1. The van der Waals surface area contributed by atoms with Crippen molar-refractivity contribution in [3.63, 3.8) is 0 Å². The van der Waals surface area contributed by atoms with Gasteiger partial charge in [-0.25, -0.2) is 0 Å². The Morgan fingerprint density at radius 1 is 1.31 bits per heavy atom. The molecule has 1 aliphatic heterocycles. The first kappa shape index (κ1) is 21.2. The molecule has 1 heterocycles. The number of benzene rings is 1. The minimum absolute atomic E-state index is 0. The predicted octanol–water partition coefficient (Wildman–Crippen LogP) is 4.88. The Hall–Kier alpha value is -1.06. The molecule has 4 heteroatoms. The maximum Gasteiger partial charge on any atom is 0.132 e. The number of likely N-dealkylation sites (tertiary alicyclic amines) is 1. The van der Waals surface area contributed by atoms with E-state index in [1.807, 2.05) is 12.1 Å². The highest BCUT2D eigenvalue weighted by atomic mass is 35.5. The van der Waals surface area contributed by atoms with Gasteiger partial charge in [-0.1, -0.05) is 33.3 Å². The number of aromatic hydroxyl groups is 1. The Balaban J connectivity index is 0.00000243. The second-order valence-electron chi connectivity index (χ2n) is 8.68. The molecule has 1 N–H and O–H groups in total. The highest BCUT2D eigenvalue weighted by molar-refractivity contribution is 5.85. The van der Waals surface area contributed by atoms with Gasteiger partial charge in [0.15, 0.2) is 0 Å². The van der Waals surface area contributed by atoms with Crippen LogP contribution in [0.15, 0.2) is 18.2 Å². The van der Waals surface area contributed by atoms with Crippen LogP contribution in [0.4, 0.5) is 0 Å². The monoisotopic (exact) mass is 379 g/mol. The number of carbonyl (C=O) groups is 1. The van der Waals surface area contributed by atoms with Crippen molar-refractivity contribution in [2.24, 2.45) is 5.41 Å². The number of nitrogens with zero attached hydrogens (tertiary/aromatic N) is 1. The van der Waals surface area contributed by atoms with E-state index in [9.17, 15) is 9.90 Å². The average Bonchev–Trinajstić information content (AvgIpc) is 2.58. The zero-order valence-electron chi connectivity index (χ0n) is 16.7. The Morgan fingerprint density at radius 2 is 2.04 bits per heavy atom. The third-order valence-corrected chi connectivity index (χ3v) is 7.33. The van der Waals surface area contributed by atoms with Crippen molar-refractivity contribution in [2.45, 2.75) is 77.2 Å². The number of unbranched alkanes of at least 4 members (excludes halogenated alkanes) is 1. The van der Waals surface area contributed by atoms with Crippen LogP contribution in [-0.4, -0.2) is 35.4 Å². The highest BCUT2D eigenvalue weighted by Gasteiger charge is 2.57. The van der Waals surface area contributed by atoms with Crippen molar-refractivity contribution < 1.29 is 9.90 Å². The number of phenols is 1. The molecule has 1 saturated heterocycles. The number of rotatable bonds is 6. The average molecular weight is 380 g/mol. The lowest BCUT2D eigenvalue weighted by Crippen LogP contribution is -2.64. The van der Waals surface area contributed by atoms with E-state index in [4.69, 9.17) is 0 Å². The van der Waals surface area contributed by atoms with Crippen molar-refractivity contribution in [3.05, 3.63) is 29.3 Å². The van der Waals surface area contributed by atoms with Crippen molar-refractivity contribution in [2.75, 3.05) is 13.6 Å². The Morgan fingerprint density at radius 3 is 2.73 bits per heavy atom. The van der Waals surface area contributed by atoms with Crippen LogP contribution in [0.2, 0.25) is 0 Å². The maximum atomic E-state index is 12.3. The molecule has 2 bridgehead atoms. The molecular formula is C22H34ClNO2. The lowest BCUT2D eigenvalue weighted by molar-refractivity contribution is -0.121. The third kappa shape index (κ3) is 3.41. The second-order valence-corrected chi connectivity index (χ2v) is 8.68. The molecule has 0 radical (unpaired) electrons. The van der Waals surface area contributed by atoms with Gasteiger partial charge >= 0.3 is 0 Å². The summed E-state index contributed by atoms with van der Waals surface area (Å²) >= 11 is 0. The van der Waals surface area contributed by atoms with Gasteiger partial charge in [-0.3, -0.25) is 4.79 Å². The molecule has 1 aromatic carbocycles. The van der Waals surface area contributed by atoms with Crippen molar-refractivity contribution >= 4 is 18.2 Å². The quantitative estimate of drug-likeness (QED) is 0.765. The molecule has 3 nitrogen and oxygen atoms in total. The number of Topliss-reactive ketones (excluding diaryl/α,β-unsaturated/α-hetero) is 1. The van der Waals surface area contributed by atoms with Gasteiger partial charge < -0.3 is 10.0 Å². The molecule has 1 aliphatic carbocycles. The third-order valence-electron chi connectivity index (χ3n) is 7.33. The zero-order chi connectivity index (χ0) is 18.2. The van der Waals surface area contributed by atoms with Crippen LogP contribution >= 0.6 is 12.4 Å². The van der Waals surface area contributed by atoms with Gasteiger partial charge in [0.25, 0.3) is 0 Å². The number of phenolic OH excluding ortho intramolecular Hbond substituents is 1. The molecule has 1 unspecified atom stereocenters. The Bertz CT molecular complexity index is 662. The summed E-state index contributed by atoms with van der Waals surface area (Å²) in [5.74, 6) is 0.771. The van der Waals surface area contributed by atoms with E-state index in [2.05, 4.69) is 38.8 Å². The fourth-order valence-electron chi connectivity index (χ4n) is 5.32. The number of halogens is 1. The summed E-state index contributed by atoms with van der Waals surface area (Å²) in [6.45, 7) is 7.96. The SMILES string of the molecule is CCCCC(=O)CC[C@]1(C)C2Cc3ccc(O)cc3[C@@]1(C)CCN2C.Cl. The lowest BCUT2D eigenvalue weighted by Gasteiger charge is -2.62. The molecule has 0 aromatic heterocycles. The van der Waals surface area contributed by atoms with Crippen LogP contribution in [0.25, 0.3) is 0 Å². The van der Waals surface area contributed by atoms with Gasteiger partial charge in [0.1, 0.15) is 11.5 Å². The molecule has 0 amide bonds. The minimum Gasteiger partial charge on any atom is -0.508 e. The van der Waals surface area contributed by atoms with E-state index < -0.39 is 0 Å². The lowest BCUT2D eigenvalue weighted by atomic mass is 9.49. The normalized spacial score (nSPS) is 30.4. The number of likely N-dealkylation sites (N-methyl/N-ethyl adjacent to an activating group) is 1. The van der Waals surface area contributed by atoms with Crippen LogP contribution in [0.5, 0.6) is 5.75 Å². The number of piperidine rings is 1. The first-order valence-electron chi connectivity index (χ1n) is 9.86. The van der Waals surface area contributed by atoms with E-state index in [-0.39, 0.29) is 23.2 Å². The molecule has 0 spiro atoms. The number of hydrogen-bond donors (Lipinski definition) is 1. The summed E-state index contributed by atoms with van der Waals surface area (Å²) in [7, 11) is 2.23. The van der Waals surface area contributed by atoms with Gasteiger partial charge in [0.05, 0.1) is 0 Å². The van der Waals surface area contributed by atoms with Gasteiger partial charge in [-0.05, 0) is 68.0 Å². The van der Waals surface area contributed by atoms with Crippen LogP contribution < -0.4 is 0 Å². The maximum absolute atomic E-state index is 12.3. The molecule has 1 fully saturated rings. The predicted molar refractivity (Wildman–Crippen MR) is 109 cm³/mol. The van der Waals surface area contributed by atoms with E-state index in [0.29, 0.717) is 24.0 Å². The molecule has 26 heavy (non-hydrogen) atoms. The smallest absolute Gasteiger partial charge is 0.132 e. The number of hydrogen-bond acceptors (Lipinski definition) is 3. The number of fused-ring (bicyclic) bond motifs is 4. The van der Waals surface area contributed by atoms with Crippen LogP contribution in [0.3, 0.4) is 0 Å². The molecule has 2 aliphatic rings. The van der Waals surface area contributed by atoms with Crippen molar-refractivity contribution in [3.8, 4) is 5.75 Å². The molecule has 1 aromatic rings. The largest absolute Gasteiger partial charge is 0.508 e. The zero-order valence-corrected chi connectivity index (χ0v) is 17.5. The highest BCUT2D eigenvalue weighted by Crippen LogP contribution is 2.58. The first-order chi connectivity index (χ1) is 11.8. The molecule has 3 rings (SSSR count). The summed E-state index contributed by atoms with van der Waals surface area (Å²) in [6.07, 6.45) is 6.53. The van der Waals surface area contributed by atoms with Crippen molar-refractivity contribution in [1.82, 2.24) is 4.90 Å². The van der Waals surface area contributed by atoms with Crippen LogP contribution in [0, 0.1) is 5.41 Å². The van der Waals surface area contributed by atoms with E-state index in [1.165, 1.54) is 11.1 Å². The summed E-state index contributed by atoms with van der Waals surface area (Å²) < 4.78 is 0. The van der Waals surface area contributed by atoms with E-state index >= 15 is 0 Å². The first-order valence-corrected chi connectivity index (χ1v) is 9.86. The molecule has 3 atom stereocenters. The van der Waals surface area contributed by atoms with Gasteiger partial charge in [-0.2, -0.15) is 0 Å². The fourth-order valence-corrected chi connectivity index (χ4v) is 5.32. The number of carbonyl (C=O) groups excluding carboxylic acids is 1. The Labute approximate surface area is 164 Å². The van der Waals surface area contributed by atoms with Crippen molar-refractivity contribution in [1.29, 1.82) is 0 Å². The summed E-state index contributed by atoms with van der Waals surface area (Å²) in [5.41, 5.74) is 2.75. The van der Waals surface area contributed by atoms with Gasteiger partial charge in [-0.15, -0.1) is 12.4 Å². The molecular weight excluding hydrogens is 346 g/mol. The van der Waals surface area contributed by atoms with Crippen LogP contribution in [0.1, 0.15) is 70.4 Å². The molecule has 146 valence electrons. The Kier molecular flexibility index (Phi) is 6.45. The standard InChI is InChI=1S/C22H33NO2.ClH/c1-5-6-7-17(24)10-11-22(3)20-14-16-8-9-18(25)15-19(16)21(22,2)12-13-23(20)4;/h8-9,15,20,25H,5-7,10-14H2,1-4H3;1H/t20?,21-,22-;/m1./s1. The topological polar surface area (TPSA) is 40.5 Å². The van der Waals surface area contributed by atoms with Crippen LogP contribution in [-0.2, 0) is 16.6 Å². The second kappa shape index (κ2) is 7.90. The van der Waals surface area contributed by atoms with Gasteiger partial charge in [0.2, 0.25) is 0 Å². The van der Waals surface area contributed by atoms with E-state index in [1.54, 1.807) is 0 Å².